The van der Waals surface area contributed by atoms with Crippen molar-refractivity contribution in [2.24, 2.45) is 0 Å². The van der Waals surface area contributed by atoms with Crippen molar-refractivity contribution in [2.75, 3.05) is 13.7 Å². The maximum Gasteiger partial charge on any atom is 0.307 e. The van der Waals surface area contributed by atoms with Crippen LogP contribution in [0.1, 0.15) is 24.9 Å². The molecule has 0 fully saturated rings. The zero-order valence-corrected chi connectivity index (χ0v) is 11.7. The second-order valence-corrected chi connectivity index (χ2v) is 4.44. The molecule has 5 nitrogen and oxygen atoms in total. The first-order valence-electron chi connectivity index (χ1n) is 6.64. The largest absolute Gasteiger partial charge is 0.469 e. The molecule has 0 aliphatic rings. The summed E-state index contributed by atoms with van der Waals surface area (Å²) in [5.74, 6) is -0.233. The Labute approximate surface area is 118 Å². The van der Waals surface area contributed by atoms with Crippen molar-refractivity contribution < 1.29 is 9.53 Å². The van der Waals surface area contributed by atoms with Crippen LogP contribution in [0.5, 0.6) is 0 Å². The van der Waals surface area contributed by atoms with E-state index < -0.39 is 0 Å². The third kappa shape index (κ3) is 3.45. The topological polar surface area (TPSA) is 56.1 Å². The van der Waals surface area contributed by atoms with E-state index in [9.17, 15) is 4.79 Å². The molecule has 1 heterocycles. The Kier molecular flexibility index (Phi) is 4.90. The van der Waals surface area contributed by atoms with E-state index in [1.165, 1.54) is 7.11 Å². The average Bonchev–Trinajstić information content (AvgIpc) is 2.97. The third-order valence-electron chi connectivity index (χ3n) is 3.07. The smallest absolute Gasteiger partial charge is 0.307 e. The molecule has 5 heteroatoms. The quantitative estimate of drug-likeness (QED) is 0.819. The summed E-state index contributed by atoms with van der Waals surface area (Å²) >= 11 is 0. The van der Waals surface area contributed by atoms with Gasteiger partial charge in [-0.1, -0.05) is 25.1 Å². The van der Waals surface area contributed by atoms with E-state index in [4.69, 9.17) is 4.74 Å². The van der Waals surface area contributed by atoms with Crippen molar-refractivity contribution in [1.29, 1.82) is 0 Å². The van der Waals surface area contributed by atoms with E-state index in [2.05, 4.69) is 10.4 Å². The third-order valence-corrected chi connectivity index (χ3v) is 3.07. The molecule has 0 saturated heterocycles. The molecule has 1 aromatic heterocycles. The van der Waals surface area contributed by atoms with Crippen molar-refractivity contribution >= 4 is 5.97 Å². The number of hydrogen-bond acceptors (Lipinski definition) is 4. The number of para-hydroxylation sites is 1. The molecule has 0 radical (unpaired) electrons. The molecular weight excluding hydrogens is 254 g/mol. The highest BCUT2D eigenvalue weighted by Gasteiger charge is 2.17. The Morgan fingerprint density at radius 2 is 2.15 bits per heavy atom. The van der Waals surface area contributed by atoms with Crippen LogP contribution >= 0.6 is 0 Å². The number of esters is 1. The number of aromatic nitrogens is 2. The fourth-order valence-electron chi connectivity index (χ4n) is 2.04. The number of hydrogen-bond donors (Lipinski definition) is 1. The standard InChI is InChI=1S/C15H19N3O2/c1-3-16-14(9-15(19)20-2)12-10-17-18(11-12)13-7-5-4-6-8-13/h4-8,10-11,14,16H,3,9H2,1-2H3. The minimum absolute atomic E-state index is 0.0788. The van der Waals surface area contributed by atoms with Crippen molar-refractivity contribution in [3.63, 3.8) is 0 Å². The van der Waals surface area contributed by atoms with E-state index in [1.54, 1.807) is 10.9 Å². The van der Waals surface area contributed by atoms with Gasteiger partial charge in [0.25, 0.3) is 0 Å². The van der Waals surface area contributed by atoms with Gasteiger partial charge in [0.05, 0.1) is 25.4 Å². The second-order valence-electron chi connectivity index (χ2n) is 4.44. The number of nitrogens with zero attached hydrogens (tertiary/aromatic N) is 2. The molecule has 0 saturated carbocycles. The van der Waals surface area contributed by atoms with E-state index in [1.807, 2.05) is 43.5 Å². The number of nitrogens with one attached hydrogen (secondary N) is 1. The number of benzene rings is 1. The fraction of sp³-hybridized carbons (Fsp3) is 0.333. The molecular formula is C15H19N3O2. The molecule has 106 valence electrons. The average molecular weight is 273 g/mol. The lowest BCUT2D eigenvalue weighted by Crippen LogP contribution is -2.23. The summed E-state index contributed by atoms with van der Waals surface area (Å²) in [4.78, 5) is 11.5. The maximum absolute atomic E-state index is 11.5. The lowest BCUT2D eigenvalue weighted by Gasteiger charge is -2.14. The van der Waals surface area contributed by atoms with Crippen LogP contribution < -0.4 is 5.32 Å². The molecule has 1 unspecified atom stereocenters. The summed E-state index contributed by atoms with van der Waals surface area (Å²) in [6, 6.07) is 9.79. The highest BCUT2D eigenvalue weighted by Crippen LogP contribution is 2.18. The van der Waals surface area contributed by atoms with Gasteiger partial charge in [-0.05, 0) is 18.7 Å². The number of ether oxygens (including phenoxy) is 1. The fourth-order valence-corrected chi connectivity index (χ4v) is 2.04. The Morgan fingerprint density at radius 1 is 1.40 bits per heavy atom. The Morgan fingerprint density at radius 3 is 2.80 bits per heavy atom. The zero-order valence-electron chi connectivity index (χ0n) is 11.7. The minimum Gasteiger partial charge on any atom is -0.469 e. The number of carbonyl (C=O) groups is 1. The molecule has 2 rings (SSSR count). The van der Waals surface area contributed by atoms with Crippen LogP contribution in [0.4, 0.5) is 0 Å². The van der Waals surface area contributed by atoms with E-state index in [0.717, 1.165) is 17.8 Å². The minimum atomic E-state index is -0.233. The van der Waals surface area contributed by atoms with Gasteiger partial charge in [-0.25, -0.2) is 4.68 Å². The number of carbonyl (C=O) groups excluding carboxylic acids is 1. The second kappa shape index (κ2) is 6.86. The van der Waals surface area contributed by atoms with Crippen molar-refractivity contribution in [3.05, 3.63) is 48.3 Å². The van der Waals surface area contributed by atoms with Crippen molar-refractivity contribution in [2.45, 2.75) is 19.4 Å². The normalized spacial score (nSPS) is 12.1. The van der Waals surface area contributed by atoms with Gasteiger partial charge in [0.15, 0.2) is 0 Å². The van der Waals surface area contributed by atoms with Crippen molar-refractivity contribution in [1.82, 2.24) is 15.1 Å². The van der Waals surface area contributed by atoms with Gasteiger partial charge in [-0.15, -0.1) is 0 Å². The van der Waals surface area contributed by atoms with Gasteiger partial charge >= 0.3 is 5.97 Å². The predicted molar refractivity (Wildman–Crippen MR) is 76.6 cm³/mol. The van der Waals surface area contributed by atoms with Crippen LogP contribution in [0, 0.1) is 0 Å². The van der Waals surface area contributed by atoms with Gasteiger partial charge in [0.2, 0.25) is 0 Å². The molecule has 0 amide bonds. The van der Waals surface area contributed by atoms with Crippen LogP contribution in [0.15, 0.2) is 42.7 Å². The summed E-state index contributed by atoms with van der Waals surface area (Å²) in [5, 5.41) is 7.62. The first-order chi connectivity index (χ1) is 9.74. The van der Waals surface area contributed by atoms with Crippen LogP contribution in [-0.4, -0.2) is 29.4 Å². The first kappa shape index (κ1) is 14.3. The van der Waals surface area contributed by atoms with Gasteiger partial charge in [0, 0.05) is 17.8 Å². The Balaban J connectivity index is 2.18. The monoisotopic (exact) mass is 273 g/mol. The van der Waals surface area contributed by atoms with Crippen LogP contribution in [0.3, 0.4) is 0 Å². The molecule has 20 heavy (non-hydrogen) atoms. The molecule has 1 aromatic carbocycles. The molecule has 0 aliphatic carbocycles. The molecule has 0 aliphatic heterocycles. The molecule has 1 atom stereocenters. The summed E-state index contributed by atoms with van der Waals surface area (Å²) in [7, 11) is 1.40. The SMILES string of the molecule is CCNC(CC(=O)OC)c1cnn(-c2ccccc2)c1. The predicted octanol–water partition coefficient (Wildman–Crippen LogP) is 2.09. The van der Waals surface area contributed by atoms with E-state index in [-0.39, 0.29) is 12.0 Å². The zero-order chi connectivity index (χ0) is 14.4. The maximum atomic E-state index is 11.5. The Bertz CT molecular complexity index is 551. The van der Waals surface area contributed by atoms with E-state index >= 15 is 0 Å². The number of rotatable bonds is 6. The molecule has 1 N–H and O–H groups in total. The van der Waals surface area contributed by atoms with Crippen molar-refractivity contribution in [3.8, 4) is 5.69 Å². The Hall–Kier alpha value is -2.14. The van der Waals surface area contributed by atoms with Crippen LogP contribution in [0.2, 0.25) is 0 Å². The van der Waals surface area contributed by atoms with Crippen LogP contribution in [0.25, 0.3) is 5.69 Å². The van der Waals surface area contributed by atoms with Crippen LogP contribution in [-0.2, 0) is 9.53 Å². The highest BCUT2D eigenvalue weighted by molar-refractivity contribution is 5.70. The van der Waals surface area contributed by atoms with Gasteiger partial charge < -0.3 is 10.1 Å². The molecule has 0 spiro atoms. The lowest BCUT2D eigenvalue weighted by atomic mass is 10.1. The van der Waals surface area contributed by atoms with E-state index in [0.29, 0.717) is 6.42 Å². The molecule has 2 aromatic rings. The highest BCUT2D eigenvalue weighted by atomic mass is 16.5. The first-order valence-corrected chi connectivity index (χ1v) is 6.64. The van der Waals surface area contributed by atoms with Gasteiger partial charge in [-0.2, -0.15) is 5.10 Å². The van der Waals surface area contributed by atoms with Gasteiger partial charge in [0.1, 0.15) is 0 Å². The molecule has 0 bridgehead atoms. The summed E-state index contributed by atoms with van der Waals surface area (Å²) < 4.78 is 6.54. The number of methoxy groups -OCH3 is 1. The summed E-state index contributed by atoms with van der Waals surface area (Å²) in [6.45, 7) is 2.78. The summed E-state index contributed by atoms with van der Waals surface area (Å²) in [5.41, 5.74) is 1.97. The lowest BCUT2D eigenvalue weighted by molar-refractivity contribution is -0.141. The summed E-state index contributed by atoms with van der Waals surface area (Å²) in [6.07, 6.45) is 4.01. The van der Waals surface area contributed by atoms with Gasteiger partial charge in [-0.3, -0.25) is 4.79 Å².